The Labute approximate surface area is 128 Å². The average molecular weight is 299 g/mol. The minimum atomic E-state index is -0.341. The van der Waals surface area contributed by atoms with Crippen molar-refractivity contribution in [2.75, 3.05) is 0 Å². The van der Waals surface area contributed by atoms with Gasteiger partial charge in [0.25, 0.3) is 5.91 Å². The van der Waals surface area contributed by atoms with E-state index in [-0.39, 0.29) is 11.5 Å². The molecule has 21 heavy (non-hydrogen) atoms. The van der Waals surface area contributed by atoms with Gasteiger partial charge in [0.1, 0.15) is 11.6 Å². The summed E-state index contributed by atoms with van der Waals surface area (Å²) in [6.45, 7) is 4.41. The summed E-state index contributed by atoms with van der Waals surface area (Å²) < 4.78 is 2.03. The Morgan fingerprint density at radius 2 is 2.29 bits per heavy atom. The second-order valence-electron chi connectivity index (χ2n) is 4.82. The lowest BCUT2D eigenvalue weighted by Gasteiger charge is -2.03. The van der Waals surface area contributed by atoms with Gasteiger partial charge >= 0.3 is 0 Å². The van der Waals surface area contributed by atoms with E-state index in [1.165, 1.54) is 0 Å². The smallest absolute Gasteiger partial charge is 0.262 e. The number of nitrogens with zero attached hydrogens (tertiary/aromatic N) is 2. The maximum absolute atomic E-state index is 12.1. The SMILES string of the molecule is Cc1cc(/C=C(\C#N)C(=O)NCc2cccs2)c(C)n1C. The van der Waals surface area contributed by atoms with Crippen molar-refractivity contribution in [1.82, 2.24) is 9.88 Å². The van der Waals surface area contributed by atoms with Crippen LogP contribution >= 0.6 is 11.3 Å². The first kappa shape index (κ1) is 15.1. The predicted molar refractivity (Wildman–Crippen MR) is 84.6 cm³/mol. The van der Waals surface area contributed by atoms with E-state index in [4.69, 9.17) is 0 Å². The molecule has 0 aliphatic heterocycles. The van der Waals surface area contributed by atoms with E-state index in [1.54, 1.807) is 17.4 Å². The van der Waals surface area contributed by atoms with Crippen LogP contribution in [-0.4, -0.2) is 10.5 Å². The monoisotopic (exact) mass is 299 g/mol. The number of amides is 1. The number of hydrogen-bond donors (Lipinski definition) is 1. The number of hydrogen-bond acceptors (Lipinski definition) is 3. The summed E-state index contributed by atoms with van der Waals surface area (Å²) >= 11 is 1.58. The van der Waals surface area contributed by atoms with Crippen molar-refractivity contribution in [3.8, 4) is 6.07 Å². The lowest BCUT2D eigenvalue weighted by molar-refractivity contribution is -0.117. The van der Waals surface area contributed by atoms with E-state index in [1.807, 2.05) is 55.1 Å². The van der Waals surface area contributed by atoms with Crippen LogP contribution in [0.2, 0.25) is 0 Å². The molecule has 0 spiro atoms. The molecule has 0 aromatic carbocycles. The van der Waals surface area contributed by atoms with Crippen molar-refractivity contribution < 1.29 is 4.79 Å². The molecule has 0 unspecified atom stereocenters. The summed E-state index contributed by atoms with van der Waals surface area (Å²) in [5.74, 6) is -0.341. The number of rotatable bonds is 4. The molecule has 0 aliphatic rings. The summed E-state index contributed by atoms with van der Waals surface area (Å²) in [6.07, 6.45) is 1.64. The normalized spacial score (nSPS) is 11.2. The zero-order valence-electron chi connectivity index (χ0n) is 12.3. The van der Waals surface area contributed by atoms with Gasteiger partial charge in [-0.1, -0.05) is 6.07 Å². The molecule has 2 aromatic rings. The Bertz CT molecular complexity index is 718. The molecular weight excluding hydrogens is 282 g/mol. The lowest BCUT2D eigenvalue weighted by Crippen LogP contribution is -2.23. The second kappa shape index (κ2) is 6.42. The van der Waals surface area contributed by atoms with E-state index >= 15 is 0 Å². The van der Waals surface area contributed by atoms with Gasteiger partial charge in [-0.25, -0.2) is 0 Å². The van der Waals surface area contributed by atoms with Crippen LogP contribution in [0.1, 0.15) is 21.8 Å². The van der Waals surface area contributed by atoms with Crippen LogP contribution in [0.3, 0.4) is 0 Å². The van der Waals surface area contributed by atoms with Crippen molar-refractivity contribution in [3.63, 3.8) is 0 Å². The summed E-state index contributed by atoms with van der Waals surface area (Å²) in [6, 6.07) is 7.83. The number of aryl methyl sites for hydroxylation is 1. The van der Waals surface area contributed by atoms with Gasteiger partial charge in [0, 0.05) is 23.3 Å². The van der Waals surface area contributed by atoms with Gasteiger partial charge in [-0.3, -0.25) is 4.79 Å². The molecule has 108 valence electrons. The molecule has 0 atom stereocenters. The number of nitriles is 1. The van der Waals surface area contributed by atoms with Gasteiger partial charge in [0.2, 0.25) is 0 Å². The fraction of sp³-hybridized carbons (Fsp3) is 0.250. The fourth-order valence-corrected chi connectivity index (χ4v) is 2.66. The highest BCUT2D eigenvalue weighted by Gasteiger charge is 2.11. The van der Waals surface area contributed by atoms with Gasteiger partial charge in [-0.15, -0.1) is 11.3 Å². The van der Waals surface area contributed by atoms with Gasteiger partial charge in [-0.05, 0) is 43.0 Å². The Morgan fingerprint density at radius 1 is 1.52 bits per heavy atom. The maximum atomic E-state index is 12.1. The first-order chi connectivity index (χ1) is 10.0. The van der Waals surface area contributed by atoms with Gasteiger partial charge in [-0.2, -0.15) is 5.26 Å². The van der Waals surface area contributed by atoms with Crippen molar-refractivity contribution in [2.24, 2.45) is 7.05 Å². The molecule has 5 heteroatoms. The summed E-state index contributed by atoms with van der Waals surface area (Å²) in [4.78, 5) is 13.1. The molecule has 0 radical (unpaired) electrons. The van der Waals surface area contributed by atoms with Crippen LogP contribution in [0.4, 0.5) is 0 Å². The molecule has 1 N–H and O–H groups in total. The highest BCUT2D eigenvalue weighted by atomic mass is 32.1. The number of aromatic nitrogens is 1. The number of nitrogens with one attached hydrogen (secondary N) is 1. The van der Waals surface area contributed by atoms with Crippen molar-refractivity contribution in [2.45, 2.75) is 20.4 Å². The molecule has 2 heterocycles. The minimum Gasteiger partial charge on any atom is -0.352 e. The van der Waals surface area contributed by atoms with Crippen LogP contribution in [0.15, 0.2) is 29.2 Å². The number of carbonyl (C=O) groups is 1. The second-order valence-corrected chi connectivity index (χ2v) is 5.85. The van der Waals surface area contributed by atoms with E-state index in [0.29, 0.717) is 6.54 Å². The highest BCUT2D eigenvalue weighted by Crippen LogP contribution is 2.17. The molecular formula is C16H17N3OS. The van der Waals surface area contributed by atoms with Crippen LogP contribution < -0.4 is 5.32 Å². The van der Waals surface area contributed by atoms with Crippen molar-refractivity contribution >= 4 is 23.3 Å². The average Bonchev–Trinajstić information content (AvgIpc) is 3.07. The van der Waals surface area contributed by atoms with Crippen LogP contribution in [0.5, 0.6) is 0 Å². The Kier molecular flexibility index (Phi) is 4.61. The van der Waals surface area contributed by atoms with E-state index in [9.17, 15) is 10.1 Å². The Hall–Kier alpha value is -2.32. The standard InChI is InChI=1S/C16H17N3OS/c1-11-7-13(12(2)19(11)3)8-14(9-17)16(20)18-10-15-5-4-6-21-15/h4-8H,10H2,1-3H3,(H,18,20)/b14-8+. The molecule has 2 rings (SSSR count). The summed E-state index contributed by atoms with van der Waals surface area (Å²) in [5.41, 5.74) is 3.15. The third kappa shape index (κ3) is 3.41. The lowest BCUT2D eigenvalue weighted by atomic mass is 10.1. The molecule has 0 aliphatic carbocycles. The van der Waals surface area contributed by atoms with Crippen LogP contribution in [0.25, 0.3) is 6.08 Å². The fourth-order valence-electron chi connectivity index (χ4n) is 2.01. The molecule has 0 saturated heterocycles. The highest BCUT2D eigenvalue weighted by molar-refractivity contribution is 7.09. The van der Waals surface area contributed by atoms with Gasteiger partial charge < -0.3 is 9.88 Å². The molecule has 2 aromatic heterocycles. The summed E-state index contributed by atoms with van der Waals surface area (Å²) in [5, 5.41) is 13.9. The van der Waals surface area contributed by atoms with E-state index in [2.05, 4.69) is 5.32 Å². The van der Waals surface area contributed by atoms with Crippen molar-refractivity contribution in [3.05, 3.63) is 51.0 Å². The Morgan fingerprint density at radius 3 is 2.81 bits per heavy atom. The first-order valence-electron chi connectivity index (χ1n) is 6.58. The molecule has 0 fully saturated rings. The topological polar surface area (TPSA) is 57.8 Å². The number of thiophene rings is 1. The van der Waals surface area contributed by atoms with Crippen LogP contribution in [0, 0.1) is 25.2 Å². The van der Waals surface area contributed by atoms with E-state index < -0.39 is 0 Å². The Balaban J connectivity index is 2.15. The predicted octanol–water partition coefficient (Wildman–Crippen LogP) is 2.93. The van der Waals surface area contributed by atoms with Gasteiger partial charge in [0.05, 0.1) is 6.54 Å². The van der Waals surface area contributed by atoms with Crippen molar-refractivity contribution in [1.29, 1.82) is 5.26 Å². The molecule has 0 bridgehead atoms. The maximum Gasteiger partial charge on any atom is 0.262 e. The first-order valence-corrected chi connectivity index (χ1v) is 7.46. The van der Waals surface area contributed by atoms with Gasteiger partial charge in [0.15, 0.2) is 0 Å². The zero-order valence-corrected chi connectivity index (χ0v) is 13.1. The number of carbonyl (C=O) groups excluding carboxylic acids is 1. The molecule has 4 nitrogen and oxygen atoms in total. The van der Waals surface area contributed by atoms with Crippen LogP contribution in [-0.2, 0) is 18.4 Å². The van der Waals surface area contributed by atoms with E-state index in [0.717, 1.165) is 21.8 Å². The summed E-state index contributed by atoms with van der Waals surface area (Å²) in [7, 11) is 1.96. The quantitative estimate of drug-likeness (QED) is 0.697. The molecule has 0 saturated carbocycles. The minimum absolute atomic E-state index is 0.125. The molecule has 1 amide bonds. The third-order valence-corrected chi connectivity index (χ3v) is 4.36. The largest absolute Gasteiger partial charge is 0.352 e. The third-order valence-electron chi connectivity index (χ3n) is 3.48. The zero-order chi connectivity index (χ0) is 15.4.